The molecule has 0 fully saturated rings. The van der Waals surface area contributed by atoms with Gasteiger partial charge in [-0.1, -0.05) is 6.08 Å². The van der Waals surface area contributed by atoms with Crippen molar-refractivity contribution in [1.82, 2.24) is 0 Å². The summed E-state index contributed by atoms with van der Waals surface area (Å²) in [7, 11) is 0. The largest absolute Gasteiger partial charge is 0.330 e. The predicted molar refractivity (Wildman–Crippen MR) is 28.5 cm³/mol. The summed E-state index contributed by atoms with van der Waals surface area (Å²) in [4.78, 5) is 9.43. The molecular formula is C5H8NO. The molecule has 0 amide bonds. The molecule has 39 valence electrons. The van der Waals surface area contributed by atoms with E-state index in [2.05, 4.69) is 0 Å². The molecule has 2 nitrogen and oxygen atoms in total. The Morgan fingerprint density at radius 2 is 2.43 bits per heavy atom. The van der Waals surface area contributed by atoms with Crippen molar-refractivity contribution in [2.45, 2.75) is 6.42 Å². The molecule has 0 spiro atoms. The number of nitrogens with two attached hydrogens (primary N) is 1. The van der Waals surface area contributed by atoms with E-state index in [0.29, 0.717) is 6.54 Å². The van der Waals surface area contributed by atoms with Crippen molar-refractivity contribution < 1.29 is 4.79 Å². The minimum absolute atomic E-state index is 0.595. The Balaban J connectivity index is 2.92. The van der Waals surface area contributed by atoms with Crippen molar-refractivity contribution in [3.8, 4) is 0 Å². The molecule has 0 rings (SSSR count). The lowest BCUT2D eigenvalue weighted by Gasteiger charge is -1.76. The van der Waals surface area contributed by atoms with Crippen molar-refractivity contribution in [3.63, 3.8) is 0 Å². The Morgan fingerprint density at radius 3 is 2.86 bits per heavy atom. The van der Waals surface area contributed by atoms with E-state index in [1.54, 1.807) is 12.4 Å². The lowest BCUT2D eigenvalue weighted by molar-refractivity contribution is 0.564. The van der Waals surface area contributed by atoms with Gasteiger partial charge in [-0.25, -0.2) is 0 Å². The second kappa shape index (κ2) is 5.37. The maximum Gasteiger partial charge on any atom is 0.225 e. The van der Waals surface area contributed by atoms with E-state index in [1.807, 2.05) is 0 Å². The minimum Gasteiger partial charge on any atom is -0.330 e. The molecule has 0 aromatic heterocycles. The zero-order valence-electron chi connectivity index (χ0n) is 4.05. The first-order valence-corrected chi connectivity index (χ1v) is 2.14. The summed E-state index contributed by atoms with van der Waals surface area (Å²) in [5.41, 5.74) is 5.09. The Kier molecular flexibility index (Phi) is 4.89. The van der Waals surface area contributed by atoms with Crippen LogP contribution in [0.25, 0.3) is 0 Å². The molecule has 0 aliphatic carbocycles. The van der Waals surface area contributed by atoms with Crippen LogP contribution in [0.2, 0.25) is 0 Å². The molecule has 0 aliphatic heterocycles. The van der Waals surface area contributed by atoms with E-state index in [9.17, 15) is 4.79 Å². The van der Waals surface area contributed by atoms with Crippen molar-refractivity contribution in [2.75, 3.05) is 6.54 Å². The van der Waals surface area contributed by atoms with Crippen molar-refractivity contribution in [3.05, 3.63) is 12.2 Å². The molecule has 0 saturated heterocycles. The summed E-state index contributed by atoms with van der Waals surface area (Å²) in [6.07, 6.45) is 5.39. The third-order valence-corrected chi connectivity index (χ3v) is 0.519. The Labute approximate surface area is 43.0 Å². The smallest absolute Gasteiger partial charge is 0.225 e. The first-order chi connectivity index (χ1) is 3.41. The van der Waals surface area contributed by atoms with Crippen LogP contribution in [0.1, 0.15) is 6.42 Å². The fourth-order valence-electron chi connectivity index (χ4n) is 0.228. The molecule has 0 unspecified atom stereocenters. The van der Waals surface area contributed by atoms with Gasteiger partial charge in [-0.3, -0.25) is 4.79 Å². The SMILES string of the molecule is NCCC=C[C]=O. The van der Waals surface area contributed by atoms with Gasteiger partial charge in [0.25, 0.3) is 0 Å². The van der Waals surface area contributed by atoms with Gasteiger partial charge < -0.3 is 5.73 Å². The maximum atomic E-state index is 9.43. The van der Waals surface area contributed by atoms with Crippen LogP contribution in [0.4, 0.5) is 0 Å². The van der Waals surface area contributed by atoms with Gasteiger partial charge in [0.15, 0.2) is 0 Å². The van der Waals surface area contributed by atoms with Crippen molar-refractivity contribution in [1.29, 1.82) is 0 Å². The fourth-order valence-corrected chi connectivity index (χ4v) is 0.228. The third-order valence-electron chi connectivity index (χ3n) is 0.519. The van der Waals surface area contributed by atoms with Gasteiger partial charge in [-0.15, -0.1) is 0 Å². The molecule has 0 heterocycles. The van der Waals surface area contributed by atoms with E-state index in [1.165, 1.54) is 6.08 Å². The normalized spacial score (nSPS) is 9.86. The molecule has 1 radical (unpaired) electrons. The highest BCUT2D eigenvalue weighted by Crippen LogP contribution is 1.73. The standard InChI is InChI=1S/C5H8NO/c6-4-2-1-3-5-7/h1,3H,2,4,6H2. The van der Waals surface area contributed by atoms with Gasteiger partial charge in [0.2, 0.25) is 6.29 Å². The number of allylic oxidation sites excluding steroid dienone is 1. The first kappa shape index (κ1) is 6.37. The third kappa shape index (κ3) is 5.37. The predicted octanol–water partition coefficient (Wildman–Crippen LogP) is 0.00110. The molecule has 2 N–H and O–H groups in total. The first-order valence-electron chi connectivity index (χ1n) is 2.14. The average molecular weight is 98.1 g/mol. The van der Waals surface area contributed by atoms with Crippen LogP contribution in [0.5, 0.6) is 0 Å². The summed E-state index contributed by atoms with van der Waals surface area (Å²) in [5.74, 6) is 0. The van der Waals surface area contributed by atoms with Gasteiger partial charge >= 0.3 is 0 Å². The van der Waals surface area contributed by atoms with Crippen molar-refractivity contribution in [2.24, 2.45) is 5.73 Å². The molecule has 0 atom stereocenters. The highest BCUT2D eigenvalue weighted by Gasteiger charge is 1.68. The molecule has 2 heteroatoms. The average Bonchev–Trinajstić information content (AvgIpc) is 1.69. The molecular weight excluding hydrogens is 90.1 g/mol. The molecule has 0 bridgehead atoms. The molecule has 0 aliphatic rings. The summed E-state index contributed by atoms with van der Waals surface area (Å²) in [6.45, 7) is 0.595. The van der Waals surface area contributed by atoms with Gasteiger partial charge in [-0.2, -0.15) is 0 Å². The molecule has 7 heavy (non-hydrogen) atoms. The molecule has 0 saturated carbocycles. The Hall–Kier alpha value is -0.630. The topological polar surface area (TPSA) is 43.1 Å². The lowest BCUT2D eigenvalue weighted by atomic mass is 10.4. The lowest BCUT2D eigenvalue weighted by Crippen LogP contribution is -1.94. The van der Waals surface area contributed by atoms with Crippen LogP contribution in [-0.2, 0) is 4.79 Å². The number of carbonyl (C=O) groups excluding carboxylic acids is 1. The van der Waals surface area contributed by atoms with Crippen LogP contribution in [-0.4, -0.2) is 12.8 Å². The Morgan fingerprint density at radius 1 is 1.71 bits per heavy atom. The van der Waals surface area contributed by atoms with Crippen LogP contribution in [0.15, 0.2) is 12.2 Å². The highest BCUT2D eigenvalue weighted by atomic mass is 16.1. The quantitative estimate of drug-likeness (QED) is 0.505. The fraction of sp³-hybridized carbons (Fsp3) is 0.400. The number of rotatable bonds is 3. The highest BCUT2D eigenvalue weighted by molar-refractivity contribution is 5.65. The van der Waals surface area contributed by atoms with Gasteiger partial charge in [0.05, 0.1) is 0 Å². The van der Waals surface area contributed by atoms with Crippen LogP contribution in [0.3, 0.4) is 0 Å². The van der Waals surface area contributed by atoms with Crippen LogP contribution < -0.4 is 5.73 Å². The second-order valence-corrected chi connectivity index (χ2v) is 1.10. The summed E-state index contributed by atoms with van der Waals surface area (Å²) in [6, 6.07) is 0. The number of hydrogen-bond donors (Lipinski definition) is 1. The van der Waals surface area contributed by atoms with E-state index in [0.717, 1.165) is 6.42 Å². The van der Waals surface area contributed by atoms with Gasteiger partial charge in [0, 0.05) is 0 Å². The van der Waals surface area contributed by atoms with Gasteiger partial charge in [0.1, 0.15) is 0 Å². The zero-order valence-corrected chi connectivity index (χ0v) is 4.05. The van der Waals surface area contributed by atoms with Gasteiger partial charge in [-0.05, 0) is 19.0 Å². The summed E-state index contributed by atoms with van der Waals surface area (Å²) < 4.78 is 0. The monoisotopic (exact) mass is 98.1 g/mol. The zero-order chi connectivity index (χ0) is 5.54. The number of hydrogen-bond acceptors (Lipinski definition) is 2. The maximum absolute atomic E-state index is 9.43. The van der Waals surface area contributed by atoms with E-state index in [-0.39, 0.29) is 0 Å². The van der Waals surface area contributed by atoms with Crippen LogP contribution in [0, 0.1) is 0 Å². The van der Waals surface area contributed by atoms with Crippen LogP contribution >= 0.6 is 0 Å². The Bertz CT molecular complexity index is 68.5. The van der Waals surface area contributed by atoms with E-state index < -0.39 is 0 Å². The molecule has 0 aromatic carbocycles. The van der Waals surface area contributed by atoms with E-state index >= 15 is 0 Å². The summed E-state index contributed by atoms with van der Waals surface area (Å²) >= 11 is 0. The molecule has 0 aromatic rings. The summed E-state index contributed by atoms with van der Waals surface area (Å²) in [5, 5.41) is 0. The van der Waals surface area contributed by atoms with E-state index in [4.69, 9.17) is 5.73 Å². The minimum atomic E-state index is 0.595. The van der Waals surface area contributed by atoms with Crippen molar-refractivity contribution >= 4 is 6.29 Å². The second-order valence-electron chi connectivity index (χ2n) is 1.10.